The van der Waals surface area contributed by atoms with E-state index in [1.165, 1.54) is 11.8 Å². The Labute approximate surface area is 80.8 Å². The van der Waals surface area contributed by atoms with E-state index in [2.05, 4.69) is 9.97 Å². The van der Waals surface area contributed by atoms with Gasteiger partial charge in [-0.2, -0.15) is 0 Å². The number of rotatable bonds is 4. The van der Waals surface area contributed by atoms with Crippen molar-refractivity contribution < 1.29 is 9.90 Å². The lowest BCUT2D eigenvalue weighted by molar-refractivity contribution is -0.133. The van der Waals surface area contributed by atoms with Gasteiger partial charge >= 0.3 is 5.97 Å². The van der Waals surface area contributed by atoms with Crippen molar-refractivity contribution in [2.75, 3.05) is 5.75 Å². The SMILES string of the molecule is CCc1nc(SCC(=O)O)[nH]c1C. The van der Waals surface area contributed by atoms with Crippen molar-refractivity contribution in [3.05, 3.63) is 11.4 Å². The second kappa shape index (κ2) is 4.32. The molecule has 0 amide bonds. The van der Waals surface area contributed by atoms with Crippen LogP contribution in [-0.4, -0.2) is 26.8 Å². The Morgan fingerprint density at radius 3 is 2.85 bits per heavy atom. The second-order valence-electron chi connectivity index (χ2n) is 2.65. The molecule has 0 bridgehead atoms. The van der Waals surface area contributed by atoms with Gasteiger partial charge in [0.25, 0.3) is 0 Å². The minimum absolute atomic E-state index is 0.0517. The molecule has 13 heavy (non-hydrogen) atoms. The highest BCUT2D eigenvalue weighted by Gasteiger charge is 2.06. The van der Waals surface area contributed by atoms with E-state index >= 15 is 0 Å². The topological polar surface area (TPSA) is 66.0 Å². The number of carboxylic acids is 1. The summed E-state index contributed by atoms with van der Waals surface area (Å²) < 4.78 is 0. The molecule has 1 rings (SSSR count). The number of aromatic nitrogens is 2. The molecule has 72 valence electrons. The van der Waals surface area contributed by atoms with Crippen molar-refractivity contribution >= 4 is 17.7 Å². The number of aliphatic carboxylic acids is 1. The smallest absolute Gasteiger partial charge is 0.313 e. The summed E-state index contributed by atoms with van der Waals surface area (Å²) in [6, 6.07) is 0. The number of nitrogens with one attached hydrogen (secondary N) is 1. The van der Waals surface area contributed by atoms with Crippen LogP contribution >= 0.6 is 11.8 Å². The highest BCUT2D eigenvalue weighted by atomic mass is 32.2. The zero-order valence-corrected chi connectivity index (χ0v) is 8.44. The molecule has 0 unspecified atom stereocenters. The second-order valence-corrected chi connectivity index (χ2v) is 3.61. The van der Waals surface area contributed by atoms with Gasteiger partial charge in [-0.3, -0.25) is 4.79 Å². The number of aryl methyl sites for hydroxylation is 2. The monoisotopic (exact) mass is 200 g/mol. The average molecular weight is 200 g/mol. The minimum atomic E-state index is -0.822. The molecule has 4 nitrogen and oxygen atoms in total. The van der Waals surface area contributed by atoms with Gasteiger partial charge in [0, 0.05) is 5.69 Å². The first-order valence-electron chi connectivity index (χ1n) is 4.03. The fourth-order valence-corrected chi connectivity index (χ4v) is 1.67. The number of hydrogen-bond donors (Lipinski definition) is 2. The molecule has 0 fully saturated rings. The summed E-state index contributed by atoms with van der Waals surface area (Å²) in [6.45, 7) is 3.96. The highest BCUT2D eigenvalue weighted by Crippen LogP contribution is 2.16. The van der Waals surface area contributed by atoms with E-state index in [1.807, 2.05) is 13.8 Å². The van der Waals surface area contributed by atoms with Crippen molar-refractivity contribution in [1.29, 1.82) is 0 Å². The Morgan fingerprint density at radius 1 is 1.69 bits per heavy atom. The fourth-order valence-electron chi connectivity index (χ4n) is 1.01. The van der Waals surface area contributed by atoms with Gasteiger partial charge in [-0.25, -0.2) is 4.98 Å². The first-order valence-corrected chi connectivity index (χ1v) is 5.02. The Balaban J connectivity index is 2.62. The average Bonchev–Trinajstić information content (AvgIpc) is 2.43. The molecule has 0 atom stereocenters. The Kier molecular flexibility index (Phi) is 3.36. The number of carboxylic acid groups (broad SMARTS) is 1. The highest BCUT2D eigenvalue weighted by molar-refractivity contribution is 7.99. The summed E-state index contributed by atoms with van der Waals surface area (Å²) in [7, 11) is 0. The van der Waals surface area contributed by atoms with Crippen LogP contribution in [-0.2, 0) is 11.2 Å². The summed E-state index contributed by atoms with van der Waals surface area (Å²) >= 11 is 1.21. The number of hydrogen-bond acceptors (Lipinski definition) is 3. The third kappa shape index (κ3) is 2.77. The number of carbonyl (C=O) groups is 1. The summed E-state index contributed by atoms with van der Waals surface area (Å²) in [5, 5.41) is 9.14. The molecule has 1 aromatic heterocycles. The van der Waals surface area contributed by atoms with Gasteiger partial charge in [-0.15, -0.1) is 0 Å². The van der Waals surface area contributed by atoms with Crippen molar-refractivity contribution in [3.63, 3.8) is 0 Å². The molecule has 0 aliphatic heterocycles. The zero-order valence-electron chi connectivity index (χ0n) is 7.63. The van der Waals surface area contributed by atoms with Crippen LogP contribution in [0, 0.1) is 6.92 Å². The third-order valence-corrected chi connectivity index (χ3v) is 2.49. The van der Waals surface area contributed by atoms with Crippen molar-refractivity contribution in [1.82, 2.24) is 9.97 Å². The summed E-state index contributed by atoms with van der Waals surface area (Å²) in [4.78, 5) is 17.6. The Bertz CT molecular complexity index is 309. The number of imidazole rings is 1. The van der Waals surface area contributed by atoms with Gasteiger partial charge in [0.15, 0.2) is 5.16 Å². The molecule has 0 aliphatic carbocycles. The van der Waals surface area contributed by atoms with Crippen LogP contribution in [0.15, 0.2) is 5.16 Å². The van der Waals surface area contributed by atoms with Crippen LogP contribution < -0.4 is 0 Å². The van der Waals surface area contributed by atoms with E-state index in [-0.39, 0.29) is 5.75 Å². The van der Waals surface area contributed by atoms with Gasteiger partial charge in [0.1, 0.15) is 0 Å². The molecular weight excluding hydrogens is 188 g/mol. The van der Waals surface area contributed by atoms with Gasteiger partial charge in [-0.05, 0) is 13.3 Å². The van der Waals surface area contributed by atoms with E-state index < -0.39 is 5.97 Å². The molecule has 0 aliphatic rings. The van der Waals surface area contributed by atoms with Gasteiger partial charge in [0.05, 0.1) is 11.4 Å². The lowest BCUT2D eigenvalue weighted by Gasteiger charge is -1.90. The van der Waals surface area contributed by atoms with Crippen molar-refractivity contribution in [2.24, 2.45) is 0 Å². The lowest BCUT2D eigenvalue weighted by Crippen LogP contribution is -1.97. The van der Waals surface area contributed by atoms with Crippen molar-refractivity contribution in [3.8, 4) is 0 Å². The van der Waals surface area contributed by atoms with Crippen LogP contribution in [0.5, 0.6) is 0 Å². The Hall–Kier alpha value is -0.970. The van der Waals surface area contributed by atoms with E-state index in [0.29, 0.717) is 5.16 Å². The summed E-state index contributed by atoms with van der Waals surface area (Å²) in [5.41, 5.74) is 2.03. The first kappa shape index (κ1) is 10.1. The van der Waals surface area contributed by atoms with E-state index in [4.69, 9.17) is 5.11 Å². The number of nitrogens with zero attached hydrogens (tertiary/aromatic N) is 1. The minimum Gasteiger partial charge on any atom is -0.481 e. The normalized spacial score (nSPS) is 10.3. The standard InChI is InChI=1S/C8H12N2O2S/c1-3-6-5(2)9-8(10-6)13-4-7(11)12/h3-4H2,1-2H3,(H,9,10)(H,11,12). The predicted octanol–water partition coefficient (Wildman–Crippen LogP) is 1.46. The number of thioether (sulfide) groups is 1. The molecule has 1 heterocycles. The van der Waals surface area contributed by atoms with E-state index in [9.17, 15) is 4.79 Å². The van der Waals surface area contributed by atoms with Crippen LogP contribution in [0.1, 0.15) is 18.3 Å². The molecule has 0 aromatic carbocycles. The fraction of sp³-hybridized carbons (Fsp3) is 0.500. The maximum absolute atomic E-state index is 10.3. The molecular formula is C8H12N2O2S. The van der Waals surface area contributed by atoms with Crippen LogP contribution in [0.2, 0.25) is 0 Å². The van der Waals surface area contributed by atoms with Gasteiger partial charge in [-0.1, -0.05) is 18.7 Å². The molecule has 2 N–H and O–H groups in total. The molecule has 1 aromatic rings. The Morgan fingerprint density at radius 2 is 2.38 bits per heavy atom. The van der Waals surface area contributed by atoms with E-state index in [1.54, 1.807) is 0 Å². The zero-order chi connectivity index (χ0) is 9.84. The van der Waals surface area contributed by atoms with Crippen LogP contribution in [0.3, 0.4) is 0 Å². The largest absolute Gasteiger partial charge is 0.481 e. The van der Waals surface area contributed by atoms with E-state index in [0.717, 1.165) is 17.8 Å². The number of H-pyrrole nitrogens is 1. The number of aromatic amines is 1. The van der Waals surface area contributed by atoms with Crippen LogP contribution in [0.25, 0.3) is 0 Å². The maximum atomic E-state index is 10.3. The predicted molar refractivity (Wildman–Crippen MR) is 51.1 cm³/mol. The quantitative estimate of drug-likeness (QED) is 0.722. The van der Waals surface area contributed by atoms with Crippen LogP contribution in [0.4, 0.5) is 0 Å². The summed E-state index contributed by atoms with van der Waals surface area (Å²) in [6.07, 6.45) is 0.871. The van der Waals surface area contributed by atoms with Gasteiger partial charge in [0.2, 0.25) is 0 Å². The first-order chi connectivity index (χ1) is 6.13. The van der Waals surface area contributed by atoms with Crippen molar-refractivity contribution in [2.45, 2.75) is 25.4 Å². The molecule has 0 saturated heterocycles. The lowest BCUT2D eigenvalue weighted by atomic mass is 10.3. The third-order valence-electron chi connectivity index (χ3n) is 1.63. The maximum Gasteiger partial charge on any atom is 0.313 e. The van der Waals surface area contributed by atoms with Gasteiger partial charge < -0.3 is 10.1 Å². The molecule has 0 spiro atoms. The molecule has 0 saturated carbocycles. The summed E-state index contributed by atoms with van der Waals surface area (Å²) in [5.74, 6) is -0.770. The molecule has 0 radical (unpaired) electrons. The molecule has 5 heteroatoms.